The minimum atomic E-state index is -2.24. The third-order valence-electron chi connectivity index (χ3n) is 6.63. The number of hydrogen-bond acceptors (Lipinski definition) is 7. The standard InChI is InChI=1S/C27H43N3O7Si/c1-26(2,3)37-25(33)30(35-17-19-13-11-10-12-14-19)21-15-20(18-36-38(8,9)27(4,5)6)22(23(28)31)29(16-21)24(32)34-7/h10-15,21-22H,16-18H2,1-9H3,(H2,28,31). The highest BCUT2D eigenvalue weighted by Gasteiger charge is 2.43. The summed E-state index contributed by atoms with van der Waals surface area (Å²) in [6.45, 7) is 15.8. The summed E-state index contributed by atoms with van der Waals surface area (Å²) < 4.78 is 17.0. The van der Waals surface area contributed by atoms with E-state index in [1.54, 1.807) is 26.8 Å². The number of amides is 3. The Morgan fingerprint density at radius 2 is 1.66 bits per heavy atom. The molecule has 212 valence electrons. The van der Waals surface area contributed by atoms with Gasteiger partial charge >= 0.3 is 12.2 Å². The predicted molar refractivity (Wildman–Crippen MR) is 146 cm³/mol. The van der Waals surface area contributed by atoms with E-state index in [1.165, 1.54) is 12.0 Å². The number of ether oxygens (including phenoxy) is 2. The van der Waals surface area contributed by atoms with Crippen LogP contribution in [0.4, 0.5) is 9.59 Å². The third-order valence-corrected chi connectivity index (χ3v) is 11.1. The van der Waals surface area contributed by atoms with E-state index in [1.807, 2.05) is 30.3 Å². The fourth-order valence-corrected chi connectivity index (χ4v) is 4.55. The molecule has 1 heterocycles. The number of methoxy groups -OCH3 is 1. The molecule has 1 aliphatic rings. The van der Waals surface area contributed by atoms with Crippen LogP contribution in [0.1, 0.15) is 47.1 Å². The molecular weight excluding hydrogens is 506 g/mol. The van der Waals surface area contributed by atoms with Crippen molar-refractivity contribution in [3.05, 3.63) is 47.5 Å². The summed E-state index contributed by atoms with van der Waals surface area (Å²) in [7, 11) is -1.02. The van der Waals surface area contributed by atoms with Gasteiger partial charge in [0.25, 0.3) is 0 Å². The molecule has 0 aliphatic carbocycles. The van der Waals surface area contributed by atoms with Crippen LogP contribution in [0.25, 0.3) is 0 Å². The maximum atomic E-state index is 13.3. The maximum absolute atomic E-state index is 13.3. The minimum Gasteiger partial charge on any atom is -0.453 e. The highest BCUT2D eigenvalue weighted by Crippen LogP contribution is 2.37. The molecule has 0 bridgehead atoms. The summed E-state index contributed by atoms with van der Waals surface area (Å²) >= 11 is 0. The zero-order valence-electron chi connectivity index (χ0n) is 24.1. The van der Waals surface area contributed by atoms with Crippen molar-refractivity contribution >= 4 is 26.4 Å². The van der Waals surface area contributed by atoms with Gasteiger partial charge in [0, 0.05) is 0 Å². The Labute approximate surface area is 227 Å². The van der Waals surface area contributed by atoms with Crippen molar-refractivity contribution in [1.29, 1.82) is 0 Å². The van der Waals surface area contributed by atoms with Crippen LogP contribution < -0.4 is 5.73 Å². The summed E-state index contributed by atoms with van der Waals surface area (Å²) in [4.78, 5) is 45.8. The second-order valence-corrected chi connectivity index (χ2v) is 16.7. The number of carbonyl (C=O) groups excluding carboxylic acids is 3. The lowest BCUT2D eigenvalue weighted by Gasteiger charge is -2.42. The van der Waals surface area contributed by atoms with Crippen molar-refractivity contribution in [2.24, 2.45) is 5.73 Å². The number of rotatable bonds is 8. The smallest absolute Gasteiger partial charge is 0.435 e. The average molecular weight is 550 g/mol. The van der Waals surface area contributed by atoms with Gasteiger partial charge in [-0.15, -0.1) is 0 Å². The number of primary amides is 1. The first kappa shape index (κ1) is 31.3. The number of hydrogen-bond donors (Lipinski definition) is 1. The second-order valence-electron chi connectivity index (χ2n) is 11.9. The molecule has 2 atom stereocenters. The van der Waals surface area contributed by atoms with E-state index in [0.717, 1.165) is 10.6 Å². The van der Waals surface area contributed by atoms with Crippen LogP contribution in [0.3, 0.4) is 0 Å². The molecule has 0 aromatic heterocycles. The second kappa shape index (κ2) is 12.3. The van der Waals surface area contributed by atoms with Gasteiger partial charge in [-0.3, -0.25) is 14.5 Å². The van der Waals surface area contributed by atoms with Crippen LogP contribution in [0.2, 0.25) is 18.1 Å². The summed E-state index contributed by atoms with van der Waals surface area (Å²) in [6.07, 6.45) is 0.210. The van der Waals surface area contributed by atoms with Crippen molar-refractivity contribution < 1.29 is 33.1 Å². The summed E-state index contributed by atoms with van der Waals surface area (Å²) in [6, 6.07) is 7.44. The van der Waals surface area contributed by atoms with Crippen LogP contribution >= 0.6 is 0 Å². The lowest BCUT2D eigenvalue weighted by molar-refractivity contribution is -0.175. The van der Waals surface area contributed by atoms with Gasteiger partial charge in [0.15, 0.2) is 8.32 Å². The largest absolute Gasteiger partial charge is 0.453 e. The quantitative estimate of drug-likeness (QED) is 0.286. The van der Waals surface area contributed by atoms with Gasteiger partial charge < -0.3 is 19.6 Å². The number of carbonyl (C=O) groups is 3. The van der Waals surface area contributed by atoms with Gasteiger partial charge in [0.1, 0.15) is 18.2 Å². The zero-order valence-corrected chi connectivity index (χ0v) is 25.1. The monoisotopic (exact) mass is 549 g/mol. The molecular formula is C27H43N3O7Si. The van der Waals surface area contributed by atoms with E-state index in [9.17, 15) is 14.4 Å². The van der Waals surface area contributed by atoms with Gasteiger partial charge in [-0.05, 0) is 50.0 Å². The minimum absolute atomic E-state index is 0.0505. The van der Waals surface area contributed by atoms with Crippen molar-refractivity contribution in [2.75, 3.05) is 20.3 Å². The van der Waals surface area contributed by atoms with Crippen LogP contribution in [0.15, 0.2) is 42.0 Å². The molecule has 1 aromatic carbocycles. The molecule has 0 radical (unpaired) electrons. The molecule has 0 fully saturated rings. The molecule has 0 spiro atoms. The summed E-state index contributed by atoms with van der Waals surface area (Å²) in [5.74, 6) is -0.729. The topological polar surface area (TPSA) is 121 Å². The van der Waals surface area contributed by atoms with E-state index in [-0.39, 0.29) is 24.8 Å². The van der Waals surface area contributed by atoms with Gasteiger partial charge in [0.2, 0.25) is 5.91 Å². The van der Waals surface area contributed by atoms with Crippen LogP contribution in [0, 0.1) is 0 Å². The molecule has 38 heavy (non-hydrogen) atoms. The van der Waals surface area contributed by atoms with Crippen LogP contribution in [-0.2, 0) is 30.1 Å². The lowest BCUT2D eigenvalue weighted by Crippen LogP contribution is -2.59. The first-order valence-corrected chi connectivity index (χ1v) is 15.5. The molecule has 10 nitrogen and oxygen atoms in total. The Bertz CT molecular complexity index is 1020. The third kappa shape index (κ3) is 8.30. The zero-order chi connectivity index (χ0) is 28.9. The summed E-state index contributed by atoms with van der Waals surface area (Å²) in [5, 5.41) is 1.00. The number of benzene rings is 1. The van der Waals surface area contributed by atoms with E-state index < -0.39 is 44.1 Å². The van der Waals surface area contributed by atoms with E-state index in [4.69, 9.17) is 24.5 Å². The highest BCUT2D eigenvalue weighted by molar-refractivity contribution is 6.74. The van der Waals surface area contributed by atoms with Gasteiger partial charge in [-0.1, -0.05) is 57.2 Å². The Balaban J connectivity index is 2.51. The van der Waals surface area contributed by atoms with Gasteiger partial charge in [0.05, 0.1) is 26.3 Å². The van der Waals surface area contributed by atoms with E-state index in [0.29, 0.717) is 5.57 Å². The lowest BCUT2D eigenvalue weighted by atomic mass is 9.97. The summed E-state index contributed by atoms with van der Waals surface area (Å²) in [5.41, 5.74) is 6.24. The number of nitrogens with zero attached hydrogens (tertiary/aromatic N) is 2. The Morgan fingerprint density at radius 1 is 1.05 bits per heavy atom. The van der Waals surface area contributed by atoms with Gasteiger partial charge in [-0.25, -0.2) is 9.59 Å². The Kier molecular flexibility index (Phi) is 10.1. The molecule has 0 saturated heterocycles. The predicted octanol–water partition coefficient (Wildman–Crippen LogP) is 4.61. The molecule has 3 amide bonds. The average Bonchev–Trinajstić information content (AvgIpc) is 2.80. The molecule has 1 aliphatic heterocycles. The van der Waals surface area contributed by atoms with Crippen LogP contribution in [-0.4, -0.2) is 74.3 Å². The van der Waals surface area contributed by atoms with Crippen molar-refractivity contribution in [3.8, 4) is 0 Å². The van der Waals surface area contributed by atoms with Gasteiger partial charge in [-0.2, -0.15) is 5.06 Å². The molecule has 1 aromatic rings. The first-order chi connectivity index (χ1) is 17.5. The molecule has 11 heteroatoms. The number of nitrogens with two attached hydrogens (primary N) is 1. The number of hydroxylamine groups is 2. The Morgan fingerprint density at radius 3 is 2.16 bits per heavy atom. The molecule has 2 rings (SSSR count). The fraction of sp³-hybridized carbons (Fsp3) is 0.593. The Hall–Kier alpha value is -2.89. The molecule has 0 saturated carbocycles. The van der Waals surface area contributed by atoms with Crippen LogP contribution in [0.5, 0.6) is 0 Å². The maximum Gasteiger partial charge on any atom is 0.435 e. The fourth-order valence-electron chi connectivity index (χ4n) is 3.59. The highest BCUT2D eigenvalue weighted by atomic mass is 28.4. The van der Waals surface area contributed by atoms with E-state index >= 15 is 0 Å². The van der Waals surface area contributed by atoms with E-state index in [2.05, 4.69) is 33.9 Å². The SMILES string of the molecule is COC(=O)N1CC(N(OCc2ccccc2)C(=O)OC(C)(C)C)C=C(CO[Si](C)(C)C(C)(C)C)C1C(N)=O. The van der Waals surface area contributed by atoms with Crippen molar-refractivity contribution in [3.63, 3.8) is 0 Å². The normalized spacial score (nSPS) is 18.4. The molecule has 2 unspecified atom stereocenters. The molecule has 2 N–H and O–H groups in total. The van der Waals surface area contributed by atoms with Crippen molar-refractivity contribution in [1.82, 2.24) is 9.96 Å². The first-order valence-electron chi connectivity index (χ1n) is 12.6. The van der Waals surface area contributed by atoms with Crippen molar-refractivity contribution in [2.45, 2.75) is 84.0 Å².